The lowest BCUT2D eigenvalue weighted by Crippen LogP contribution is -1.95. The summed E-state index contributed by atoms with van der Waals surface area (Å²) in [5.74, 6) is 1.26. The number of aryl methyl sites for hydroxylation is 1. The fraction of sp³-hybridized carbons (Fsp3) is 0.167. The Bertz CT molecular complexity index is 468. The van der Waals surface area contributed by atoms with E-state index in [1.165, 1.54) is 11.9 Å². The van der Waals surface area contributed by atoms with Gasteiger partial charge in [0.1, 0.15) is 12.1 Å². The van der Waals surface area contributed by atoms with Crippen LogP contribution in [0.3, 0.4) is 0 Å². The SMILES string of the molecule is COc1cc(Nc2ccc(C)cc2)ncn1. The largest absolute Gasteiger partial charge is 0.481 e. The van der Waals surface area contributed by atoms with Gasteiger partial charge >= 0.3 is 0 Å². The molecule has 82 valence electrons. The molecule has 1 aromatic carbocycles. The highest BCUT2D eigenvalue weighted by molar-refractivity contribution is 5.56. The fourth-order valence-electron chi connectivity index (χ4n) is 1.30. The quantitative estimate of drug-likeness (QED) is 0.854. The Morgan fingerprint density at radius 1 is 1.12 bits per heavy atom. The number of hydrogen-bond donors (Lipinski definition) is 1. The van der Waals surface area contributed by atoms with Gasteiger partial charge in [-0.1, -0.05) is 17.7 Å². The first-order chi connectivity index (χ1) is 7.78. The molecule has 0 aliphatic rings. The minimum atomic E-state index is 0.546. The first-order valence-electron chi connectivity index (χ1n) is 4.97. The summed E-state index contributed by atoms with van der Waals surface area (Å²) in [5, 5.41) is 3.17. The molecule has 16 heavy (non-hydrogen) atoms. The smallest absolute Gasteiger partial charge is 0.218 e. The van der Waals surface area contributed by atoms with Crippen molar-refractivity contribution < 1.29 is 4.74 Å². The molecule has 1 N–H and O–H groups in total. The average Bonchev–Trinajstić information content (AvgIpc) is 2.32. The van der Waals surface area contributed by atoms with E-state index in [0.29, 0.717) is 5.88 Å². The van der Waals surface area contributed by atoms with Gasteiger partial charge in [-0.05, 0) is 19.1 Å². The van der Waals surface area contributed by atoms with Crippen molar-refractivity contribution in [1.82, 2.24) is 9.97 Å². The fourth-order valence-corrected chi connectivity index (χ4v) is 1.30. The molecule has 0 bridgehead atoms. The zero-order valence-corrected chi connectivity index (χ0v) is 9.27. The second-order valence-corrected chi connectivity index (χ2v) is 3.44. The van der Waals surface area contributed by atoms with Crippen LogP contribution in [0.2, 0.25) is 0 Å². The summed E-state index contributed by atoms with van der Waals surface area (Å²) >= 11 is 0. The van der Waals surface area contributed by atoms with Crippen molar-refractivity contribution in [3.8, 4) is 5.88 Å². The van der Waals surface area contributed by atoms with Crippen molar-refractivity contribution in [3.63, 3.8) is 0 Å². The summed E-state index contributed by atoms with van der Waals surface area (Å²) in [4.78, 5) is 8.04. The maximum absolute atomic E-state index is 5.02. The van der Waals surface area contributed by atoms with Crippen molar-refractivity contribution >= 4 is 11.5 Å². The standard InChI is InChI=1S/C12H13N3O/c1-9-3-5-10(6-4-9)15-11-7-12(16-2)14-8-13-11/h3-8H,1-2H3,(H,13,14,15). The molecule has 0 unspecified atom stereocenters. The molecule has 1 heterocycles. The molecule has 0 saturated carbocycles. The minimum Gasteiger partial charge on any atom is -0.481 e. The van der Waals surface area contributed by atoms with Crippen molar-refractivity contribution in [2.24, 2.45) is 0 Å². The average molecular weight is 215 g/mol. The molecule has 0 aliphatic heterocycles. The molecule has 0 saturated heterocycles. The van der Waals surface area contributed by atoms with Gasteiger partial charge in [0, 0.05) is 11.8 Å². The monoisotopic (exact) mass is 215 g/mol. The van der Waals surface area contributed by atoms with Crippen LogP contribution in [0.4, 0.5) is 11.5 Å². The summed E-state index contributed by atoms with van der Waals surface area (Å²) in [6.07, 6.45) is 1.47. The van der Waals surface area contributed by atoms with Crippen LogP contribution in [-0.4, -0.2) is 17.1 Å². The second kappa shape index (κ2) is 4.61. The van der Waals surface area contributed by atoms with E-state index in [-0.39, 0.29) is 0 Å². The Morgan fingerprint density at radius 2 is 1.88 bits per heavy atom. The number of hydrogen-bond acceptors (Lipinski definition) is 4. The highest BCUT2D eigenvalue weighted by Gasteiger charge is 1.98. The van der Waals surface area contributed by atoms with E-state index in [0.717, 1.165) is 11.5 Å². The van der Waals surface area contributed by atoms with Crippen LogP contribution in [0.15, 0.2) is 36.7 Å². The van der Waals surface area contributed by atoms with E-state index in [1.54, 1.807) is 13.2 Å². The van der Waals surface area contributed by atoms with E-state index in [1.807, 2.05) is 24.3 Å². The van der Waals surface area contributed by atoms with Gasteiger partial charge in [-0.15, -0.1) is 0 Å². The molecule has 1 aromatic heterocycles. The van der Waals surface area contributed by atoms with E-state index in [4.69, 9.17) is 4.74 Å². The van der Waals surface area contributed by atoms with Gasteiger partial charge in [0.15, 0.2) is 0 Å². The van der Waals surface area contributed by atoms with Crippen LogP contribution >= 0.6 is 0 Å². The molecule has 2 aromatic rings. The first-order valence-corrected chi connectivity index (χ1v) is 4.97. The third kappa shape index (κ3) is 2.48. The lowest BCUT2D eigenvalue weighted by molar-refractivity contribution is 0.397. The third-order valence-corrected chi connectivity index (χ3v) is 2.18. The molecule has 4 nitrogen and oxygen atoms in total. The predicted molar refractivity (Wildman–Crippen MR) is 63.0 cm³/mol. The highest BCUT2D eigenvalue weighted by atomic mass is 16.5. The number of anilines is 2. The summed E-state index contributed by atoms with van der Waals surface area (Å²) in [7, 11) is 1.58. The predicted octanol–water partition coefficient (Wildman–Crippen LogP) is 2.54. The molecular weight excluding hydrogens is 202 g/mol. The minimum absolute atomic E-state index is 0.546. The molecule has 0 amide bonds. The Balaban J connectivity index is 2.16. The Morgan fingerprint density at radius 3 is 2.56 bits per heavy atom. The van der Waals surface area contributed by atoms with Crippen LogP contribution < -0.4 is 10.1 Å². The van der Waals surface area contributed by atoms with Crippen molar-refractivity contribution in [2.75, 3.05) is 12.4 Å². The van der Waals surface area contributed by atoms with Crippen LogP contribution in [0.25, 0.3) is 0 Å². The van der Waals surface area contributed by atoms with Gasteiger partial charge in [0.05, 0.1) is 7.11 Å². The van der Waals surface area contributed by atoms with Gasteiger partial charge < -0.3 is 10.1 Å². The molecule has 0 radical (unpaired) electrons. The first kappa shape index (κ1) is 10.4. The Kier molecular flexibility index (Phi) is 3.00. The molecule has 0 aliphatic carbocycles. The van der Waals surface area contributed by atoms with Gasteiger partial charge in [-0.2, -0.15) is 0 Å². The van der Waals surface area contributed by atoms with E-state index >= 15 is 0 Å². The Hall–Kier alpha value is -2.10. The lowest BCUT2D eigenvalue weighted by atomic mass is 10.2. The van der Waals surface area contributed by atoms with Crippen molar-refractivity contribution in [1.29, 1.82) is 0 Å². The lowest BCUT2D eigenvalue weighted by Gasteiger charge is -2.06. The number of benzene rings is 1. The van der Waals surface area contributed by atoms with E-state index in [9.17, 15) is 0 Å². The van der Waals surface area contributed by atoms with E-state index in [2.05, 4.69) is 22.2 Å². The van der Waals surface area contributed by atoms with Crippen LogP contribution in [0.1, 0.15) is 5.56 Å². The van der Waals surface area contributed by atoms with Gasteiger partial charge in [-0.3, -0.25) is 0 Å². The van der Waals surface area contributed by atoms with E-state index < -0.39 is 0 Å². The van der Waals surface area contributed by atoms with Crippen LogP contribution in [0.5, 0.6) is 5.88 Å². The summed E-state index contributed by atoms with van der Waals surface area (Å²) in [5.41, 5.74) is 2.22. The molecule has 0 spiro atoms. The zero-order valence-electron chi connectivity index (χ0n) is 9.27. The zero-order chi connectivity index (χ0) is 11.4. The highest BCUT2D eigenvalue weighted by Crippen LogP contribution is 2.17. The maximum Gasteiger partial charge on any atom is 0.218 e. The number of nitrogens with zero attached hydrogens (tertiary/aromatic N) is 2. The molecule has 4 heteroatoms. The molecular formula is C12H13N3O. The summed E-state index contributed by atoms with van der Waals surface area (Å²) in [6.45, 7) is 2.05. The number of ether oxygens (including phenoxy) is 1. The number of aromatic nitrogens is 2. The molecule has 0 fully saturated rings. The second-order valence-electron chi connectivity index (χ2n) is 3.44. The van der Waals surface area contributed by atoms with Crippen LogP contribution in [0, 0.1) is 6.92 Å². The van der Waals surface area contributed by atoms with Crippen LogP contribution in [-0.2, 0) is 0 Å². The number of nitrogens with one attached hydrogen (secondary N) is 1. The topological polar surface area (TPSA) is 47.0 Å². The number of rotatable bonds is 3. The number of methoxy groups -OCH3 is 1. The van der Waals surface area contributed by atoms with Gasteiger partial charge in [0.2, 0.25) is 5.88 Å². The molecule has 0 atom stereocenters. The molecule has 2 rings (SSSR count). The van der Waals surface area contributed by atoms with Gasteiger partial charge in [-0.25, -0.2) is 9.97 Å². The Labute approximate surface area is 94.3 Å². The van der Waals surface area contributed by atoms with Crippen molar-refractivity contribution in [2.45, 2.75) is 6.92 Å². The summed E-state index contributed by atoms with van der Waals surface area (Å²) < 4.78 is 5.02. The summed E-state index contributed by atoms with van der Waals surface area (Å²) in [6, 6.07) is 9.84. The van der Waals surface area contributed by atoms with Crippen molar-refractivity contribution in [3.05, 3.63) is 42.2 Å². The normalized spacial score (nSPS) is 9.88. The maximum atomic E-state index is 5.02. The third-order valence-electron chi connectivity index (χ3n) is 2.18. The van der Waals surface area contributed by atoms with Gasteiger partial charge in [0.25, 0.3) is 0 Å².